The highest BCUT2D eigenvalue weighted by molar-refractivity contribution is 6.30. The maximum atomic E-state index is 12.7. The van der Waals surface area contributed by atoms with Gasteiger partial charge in [-0.3, -0.25) is 4.79 Å². The summed E-state index contributed by atoms with van der Waals surface area (Å²) in [6.45, 7) is 5.34. The third-order valence-corrected chi connectivity index (χ3v) is 4.48. The summed E-state index contributed by atoms with van der Waals surface area (Å²) in [5, 5.41) is 0.470. The van der Waals surface area contributed by atoms with Crippen molar-refractivity contribution < 1.29 is 9.53 Å². The molecule has 1 saturated heterocycles. The average molecular weight is 346 g/mol. The van der Waals surface area contributed by atoms with Crippen molar-refractivity contribution >= 4 is 17.5 Å². The molecule has 1 atom stereocenters. The van der Waals surface area contributed by atoms with Crippen molar-refractivity contribution in [1.29, 1.82) is 0 Å². The van der Waals surface area contributed by atoms with Gasteiger partial charge in [-0.15, -0.1) is 0 Å². The van der Waals surface area contributed by atoms with Crippen LogP contribution in [0.3, 0.4) is 0 Å². The Kier molecular flexibility index (Phi) is 5.00. The van der Waals surface area contributed by atoms with Gasteiger partial charge in [0.15, 0.2) is 0 Å². The number of halogens is 1. The fourth-order valence-electron chi connectivity index (χ4n) is 2.79. The van der Waals surface area contributed by atoms with Crippen LogP contribution in [0.25, 0.3) is 0 Å². The molecule has 0 N–H and O–H groups in total. The monoisotopic (exact) mass is 345 g/mol. The first-order valence-electron chi connectivity index (χ1n) is 8.03. The topological polar surface area (TPSA) is 55.3 Å². The van der Waals surface area contributed by atoms with E-state index < -0.39 is 0 Å². The molecule has 5 nitrogen and oxygen atoms in total. The summed E-state index contributed by atoms with van der Waals surface area (Å²) in [4.78, 5) is 22.7. The second kappa shape index (κ2) is 7.18. The number of hydrogen-bond acceptors (Lipinski definition) is 4. The van der Waals surface area contributed by atoms with Gasteiger partial charge in [0.05, 0.1) is 24.0 Å². The van der Waals surface area contributed by atoms with Crippen molar-refractivity contribution in [3.05, 3.63) is 52.3 Å². The van der Waals surface area contributed by atoms with Crippen LogP contribution in [0.5, 0.6) is 6.01 Å². The smallest absolute Gasteiger partial charge is 0.316 e. The summed E-state index contributed by atoms with van der Waals surface area (Å²) < 4.78 is 5.79. The molecule has 2 aromatic rings. The number of amides is 1. The number of carbonyl (C=O) groups is 1. The number of aromatic nitrogens is 2. The van der Waals surface area contributed by atoms with E-state index in [4.69, 9.17) is 16.3 Å². The Morgan fingerprint density at radius 2 is 2.00 bits per heavy atom. The number of benzene rings is 1. The van der Waals surface area contributed by atoms with E-state index >= 15 is 0 Å². The second-order valence-corrected chi connectivity index (χ2v) is 6.55. The van der Waals surface area contributed by atoms with Crippen LogP contribution in [0.4, 0.5) is 0 Å². The van der Waals surface area contributed by atoms with Crippen molar-refractivity contribution in [3.63, 3.8) is 0 Å². The fraction of sp³-hybridized carbons (Fsp3) is 0.389. The molecule has 3 rings (SSSR count). The summed E-state index contributed by atoms with van der Waals surface area (Å²) in [6, 6.07) is 6.12. The van der Waals surface area contributed by atoms with E-state index in [1.54, 1.807) is 0 Å². The molecule has 126 valence electrons. The number of likely N-dealkylation sites (tertiary alicyclic amines) is 1. The highest BCUT2D eigenvalue weighted by Gasteiger charge is 2.26. The number of rotatable bonds is 3. The summed E-state index contributed by atoms with van der Waals surface area (Å²) in [5.74, 6) is 0.0448. The molecule has 6 heteroatoms. The fourth-order valence-corrected chi connectivity index (χ4v) is 2.88. The van der Waals surface area contributed by atoms with Crippen molar-refractivity contribution in [2.45, 2.75) is 32.8 Å². The molecule has 1 aliphatic rings. The highest BCUT2D eigenvalue weighted by Crippen LogP contribution is 2.19. The lowest BCUT2D eigenvalue weighted by molar-refractivity contribution is 0.0516. The third kappa shape index (κ3) is 3.85. The van der Waals surface area contributed by atoms with Gasteiger partial charge in [-0.1, -0.05) is 17.7 Å². The van der Waals surface area contributed by atoms with Crippen molar-refractivity contribution in [3.8, 4) is 6.01 Å². The Labute approximate surface area is 146 Å². The van der Waals surface area contributed by atoms with Gasteiger partial charge >= 0.3 is 6.01 Å². The van der Waals surface area contributed by atoms with Crippen LogP contribution < -0.4 is 4.74 Å². The van der Waals surface area contributed by atoms with Crippen LogP contribution in [-0.4, -0.2) is 40.0 Å². The van der Waals surface area contributed by atoms with E-state index in [1.807, 2.05) is 36.9 Å². The van der Waals surface area contributed by atoms with Crippen molar-refractivity contribution in [1.82, 2.24) is 14.9 Å². The van der Waals surface area contributed by atoms with Gasteiger partial charge in [0.25, 0.3) is 5.91 Å². The Bertz CT molecular complexity index is 734. The zero-order valence-electron chi connectivity index (χ0n) is 13.8. The van der Waals surface area contributed by atoms with Crippen LogP contribution in [-0.2, 0) is 0 Å². The SMILES string of the molecule is Cc1ccc(C(=O)N2CCCC(Oc3ncc(Cl)cn3)C2)cc1C. The number of hydrogen-bond donors (Lipinski definition) is 0. The summed E-state index contributed by atoms with van der Waals surface area (Å²) >= 11 is 5.78. The highest BCUT2D eigenvalue weighted by atomic mass is 35.5. The second-order valence-electron chi connectivity index (χ2n) is 6.12. The zero-order chi connectivity index (χ0) is 17.1. The maximum absolute atomic E-state index is 12.7. The van der Waals surface area contributed by atoms with Crippen LogP contribution in [0, 0.1) is 13.8 Å². The third-order valence-electron chi connectivity index (χ3n) is 4.29. The summed E-state index contributed by atoms with van der Waals surface area (Å²) in [6.07, 6.45) is 4.68. The molecule has 2 heterocycles. The first-order chi connectivity index (χ1) is 11.5. The molecule has 1 aromatic heterocycles. The molecular formula is C18H20ClN3O2. The minimum Gasteiger partial charge on any atom is -0.458 e. The van der Waals surface area contributed by atoms with Crippen LogP contribution >= 0.6 is 11.6 Å². The molecule has 0 saturated carbocycles. The number of ether oxygens (including phenoxy) is 1. The zero-order valence-corrected chi connectivity index (χ0v) is 14.6. The van der Waals surface area contributed by atoms with Gasteiger partial charge in [0, 0.05) is 12.1 Å². The lowest BCUT2D eigenvalue weighted by Gasteiger charge is -2.32. The van der Waals surface area contributed by atoms with E-state index in [2.05, 4.69) is 9.97 Å². The molecule has 1 fully saturated rings. The quantitative estimate of drug-likeness (QED) is 0.855. The molecule has 0 aliphatic carbocycles. The van der Waals surface area contributed by atoms with E-state index in [1.165, 1.54) is 18.0 Å². The molecule has 24 heavy (non-hydrogen) atoms. The van der Waals surface area contributed by atoms with E-state index in [9.17, 15) is 4.79 Å². The number of carbonyl (C=O) groups excluding carboxylic acids is 1. The van der Waals surface area contributed by atoms with Gasteiger partial charge in [0.1, 0.15) is 6.10 Å². The Morgan fingerprint density at radius 3 is 2.71 bits per heavy atom. The van der Waals surface area contributed by atoms with Crippen LogP contribution in [0.15, 0.2) is 30.6 Å². The number of aryl methyl sites for hydroxylation is 2. The minimum atomic E-state index is -0.101. The standard InChI is InChI=1S/C18H20ClN3O2/c1-12-5-6-14(8-13(12)2)17(23)22-7-3-4-16(11-22)24-18-20-9-15(19)10-21-18/h5-6,8-10,16H,3-4,7,11H2,1-2H3. The molecule has 0 spiro atoms. The lowest BCUT2D eigenvalue weighted by atomic mass is 10.0. The lowest BCUT2D eigenvalue weighted by Crippen LogP contribution is -2.44. The largest absolute Gasteiger partial charge is 0.458 e. The molecule has 1 aliphatic heterocycles. The van der Waals surface area contributed by atoms with Gasteiger partial charge in [-0.05, 0) is 49.9 Å². The Balaban J connectivity index is 1.67. The van der Waals surface area contributed by atoms with Crippen molar-refractivity contribution in [2.75, 3.05) is 13.1 Å². The number of piperidine rings is 1. The van der Waals surface area contributed by atoms with Crippen LogP contribution in [0.1, 0.15) is 34.3 Å². The summed E-state index contributed by atoms with van der Waals surface area (Å²) in [5.41, 5.74) is 3.04. The van der Waals surface area contributed by atoms with E-state index in [0.717, 1.165) is 30.5 Å². The molecular weight excluding hydrogens is 326 g/mol. The predicted molar refractivity (Wildman–Crippen MR) is 92.5 cm³/mol. The Hall–Kier alpha value is -2.14. The minimum absolute atomic E-state index is 0.0448. The Morgan fingerprint density at radius 1 is 1.25 bits per heavy atom. The maximum Gasteiger partial charge on any atom is 0.316 e. The normalized spacial score (nSPS) is 17.6. The molecule has 1 amide bonds. The van der Waals surface area contributed by atoms with Crippen LogP contribution in [0.2, 0.25) is 5.02 Å². The number of nitrogens with zero attached hydrogens (tertiary/aromatic N) is 3. The summed E-state index contributed by atoms with van der Waals surface area (Å²) in [7, 11) is 0. The van der Waals surface area contributed by atoms with E-state index in [-0.39, 0.29) is 12.0 Å². The average Bonchev–Trinajstić information content (AvgIpc) is 2.59. The van der Waals surface area contributed by atoms with E-state index in [0.29, 0.717) is 17.6 Å². The van der Waals surface area contributed by atoms with Gasteiger partial charge in [-0.2, -0.15) is 0 Å². The van der Waals surface area contributed by atoms with Gasteiger partial charge in [0.2, 0.25) is 0 Å². The molecule has 1 unspecified atom stereocenters. The molecule has 0 radical (unpaired) electrons. The molecule has 1 aromatic carbocycles. The predicted octanol–water partition coefficient (Wildman–Crippen LogP) is 3.43. The van der Waals surface area contributed by atoms with Gasteiger partial charge in [-0.25, -0.2) is 9.97 Å². The first-order valence-corrected chi connectivity index (χ1v) is 8.41. The first kappa shape index (κ1) is 16.7. The van der Waals surface area contributed by atoms with Crippen molar-refractivity contribution in [2.24, 2.45) is 0 Å². The molecule has 0 bridgehead atoms. The van der Waals surface area contributed by atoms with Gasteiger partial charge < -0.3 is 9.64 Å².